The first-order chi connectivity index (χ1) is 9.07. The van der Waals surface area contributed by atoms with Crippen LogP contribution >= 0.6 is 0 Å². The van der Waals surface area contributed by atoms with Crippen LogP contribution in [0, 0.1) is 0 Å². The molecule has 7 heteroatoms. The van der Waals surface area contributed by atoms with Crippen LogP contribution in [-0.2, 0) is 24.2 Å². The lowest BCUT2D eigenvalue weighted by Crippen LogP contribution is -2.43. The van der Waals surface area contributed by atoms with Gasteiger partial charge < -0.3 is 10.1 Å². The van der Waals surface area contributed by atoms with E-state index in [4.69, 9.17) is 4.74 Å². The van der Waals surface area contributed by atoms with E-state index in [0.717, 1.165) is 0 Å². The van der Waals surface area contributed by atoms with Gasteiger partial charge in [-0.15, -0.1) is 0 Å². The summed E-state index contributed by atoms with van der Waals surface area (Å²) < 4.78 is 28.0. The van der Waals surface area contributed by atoms with E-state index >= 15 is 0 Å². The maximum absolute atomic E-state index is 11.7. The summed E-state index contributed by atoms with van der Waals surface area (Å²) >= 11 is 0. The Morgan fingerprint density at radius 2 is 1.90 bits per heavy atom. The molecule has 0 bridgehead atoms. The van der Waals surface area contributed by atoms with Gasteiger partial charge in [0.1, 0.15) is 5.60 Å². The van der Waals surface area contributed by atoms with Gasteiger partial charge in [0, 0.05) is 12.5 Å². The molecule has 0 radical (unpaired) electrons. The van der Waals surface area contributed by atoms with E-state index in [1.165, 1.54) is 0 Å². The fraction of sp³-hybridized carbons (Fsp3) is 0.846. The Morgan fingerprint density at radius 1 is 1.25 bits per heavy atom. The molecule has 1 amide bonds. The maximum atomic E-state index is 11.7. The molecular formula is C13H23NO5S. The summed E-state index contributed by atoms with van der Waals surface area (Å²) in [4.78, 5) is 23.1. The summed E-state index contributed by atoms with van der Waals surface area (Å²) in [6.07, 6.45) is 1.25. The first-order valence-electron chi connectivity index (χ1n) is 6.79. The van der Waals surface area contributed by atoms with Crippen LogP contribution in [0.15, 0.2) is 0 Å². The molecule has 1 unspecified atom stereocenters. The first-order valence-corrected chi connectivity index (χ1v) is 8.61. The minimum absolute atomic E-state index is 0.00255. The molecule has 20 heavy (non-hydrogen) atoms. The molecule has 0 aliphatic carbocycles. The lowest BCUT2D eigenvalue weighted by Gasteiger charge is -2.23. The molecule has 0 saturated carbocycles. The number of rotatable bonds is 4. The third-order valence-corrected chi connectivity index (χ3v) is 4.63. The third-order valence-electron chi connectivity index (χ3n) is 2.80. The number of nitrogens with one attached hydrogen (secondary N) is 1. The molecule has 1 aliphatic rings. The Bertz CT molecular complexity index is 464. The molecular weight excluding hydrogens is 282 g/mol. The van der Waals surface area contributed by atoms with Crippen molar-refractivity contribution < 1.29 is 22.7 Å². The second kappa shape index (κ2) is 6.56. The number of ether oxygens (including phenoxy) is 1. The number of amides is 1. The minimum atomic E-state index is -3.04. The summed E-state index contributed by atoms with van der Waals surface area (Å²) in [6.45, 7) is 5.29. The molecule has 1 aliphatic heterocycles. The monoisotopic (exact) mass is 305 g/mol. The van der Waals surface area contributed by atoms with Crippen LogP contribution in [0.1, 0.15) is 46.5 Å². The van der Waals surface area contributed by atoms with E-state index in [-0.39, 0.29) is 36.3 Å². The highest BCUT2D eigenvalue weighted by atomic mass is 32.2. The number of hydrogen-bond donors (Lipinski definition) is 1. The second-order valence-corrected chi connectivity index (χ2v) is 8.34. The maximum Gasteiger partial charge on any atom is 0.306 e. The van der Waals surface area contributed by atoms with Crippen LogP contribution in [0.3, 0.4) is 0 Å². The minimum Gasteiger partial charge on any atom is -0.460 e. The predicted molar refractivity (Wildman–Crippen MR) is 74.9 cm³/mol. The van der Waals surface area contributed by atoms with Crippen LogP contribution in [0.25, 0.3) is 0 Å². The van der Waals surface area contributed by atoms with Crippen molar-refractivity contribution in [1.29, 1.82) is 0 Å². The zero-order valence-corrected chi connectivity index (χ0v) is 13.1. The van der Waals surface area contributed by atoms with Crippen LogP contribution in [0.5, 0.6) is 0 Å². The number of carbonyl (C=O) groups is 2. The standard InChI is InChI=1S/C13H23NO5S/c1-13(2,3)19-12(16)7-6-11(15)14-10-5-4-8-20(17,18)9-10/h10H,4-9H2,1-3H3,(H,14,15). The highest BCUT2D eigenvalue weighted by Gasteiger charge is 2.26. The van der Waals surface area contributed by atoms with Gasteiger partial charge >= 0.3 is 5.97 Å². The summed E-state index contributed by atoms with van der Waals surface area (Å²) in [5.41, 5.74) is -0.564. The zero-order chi connectivity index (χ0) is 15.4. The molecule has 116 valence electrons. The molecule has 1 atom stereocenters. The SMILES string of the molecule is CC(C)(C)OC(=O)CCC(=O)NC1CCCS(=O)(=O)C1. The van der Waals surface area contributed by atoms with E-state index in [9.17, 15) is 18.0 Å². The molecule has 0 aromatic heterocycles. The topological polar surface area (TPSA) is 89.5 Å². The number of sulfone groups is 1. The van der Waals surface area contributed by atoms with Crippen molar-refractivity contribution >= 4 is 21.7 Å². The summed E-state index contributed by atoms with van der Waals surface area (Å²) in [5.74, 6) is -0.551. The van der Waals surface area contributed by atoms with E-state index in [1.54, 1.807) is 20.8 Å². The lowest BCUT2D eigenvalue weighted by atomic mass is 10.1. The molecule has 0 spiro atoms. The molecule has 1 saturated heterocycles. The van der Waals surface area contributed by atoms with Crippen LogP contribution < -0.4 is 5.32 Å². The Labute approximate surface area is 120 Å². The Morgan fingerprint density at radius 3 is 2.45 bits per heavy atom. The number of carbonyl (C=O) groups excluding carboxylic acids is 2. The fourth-order valence-corrected chi connectivity index (χ4v) is 3.68. The van der Waals surface area contributed by atoms with Gasteiger partial charge in [-0.25, -0.2) is 8.42 Å². The van der Waals surface area contributed by atoms with Gasteiger partial charge in [-0.1, -0.05) is 0 Å². The van der Waals surface area contributed by atoms with Crippen molar-refractivity contribution in [2.45, 2.75) is 58.1 Å². The van der Waals surface area contributed by atoms with Crippen LogP contribution in [0.4, 0.5) is 0 Å². The van der Waals surface area contributed by atoms with Crippen molar-refractivity contribution in [1.82, 2.24) is 5.32 Å². The van der Waals surface area contributed by atoms with Gasteiger partial charge in [-0.2, -0.15) is 0 Å². The Hall–Kier alpha value is -1.11. The number of hydrogen-bond acceptors (Lipinski definition) is 5. The quantitative estimate of drug-likeness (QED) is 0.776. The van der Waals surface area contributed by atoms with Gasteiger partial charge in [0.15, 0.2) is 9.84 Å². The number of esters is 1. The normalized spacial score (nSPS) is 22.1. The van der Waals surface area contributed by atoms with Crippen molar-refractivity contribution in [3.63, 3.8) is 0 Å². The van der Waals surface area contributed by atoms with E-state index in [1.807, 2.05) is 0 Å². The average molecular weight is 305 g/mol. The second-order valence-electron chi connectivity index (χ2n) is 6.11. The van der Waals surface area contributed by atoms with E-state index in [0.29, 0.717) is 12.8 Å². The Balaban J connectivity index is 2.32. The van der Waals surface area contributed by atoms with Gasteiger partial charge in [-0.05, 0) is 33.6 Å². The van der Waals surface area contributed by atoms with Crippen molar-refractivity contribution in [3.8, 4) is 0 Å². The van der Waals surface area contributed by atoms with Crippen molar-refractivity contribution in [2.75, 3.05) is 11.5 Å². The summed E-state index contributed by atoms with van der Waals surface area (Å²) in [6, 6.07) is -0.333. The average Bonchev–Trinajstić information content (AvgIpc) is 2.22. The fourth-order valence-electron chi connectivity index (χ4n) is 2.04. The zero-order valence-electron chi connectivity index (χ0n) is 12.3. The van der Waals surface area contributed by atoms with Gasteiger partial charge in [0.25, 0.3) is 0 Å². The molecule has 0 aromatic rings. The Kier molecular flexibility index (Phi) is 5.56. The van der Waals surface area contributed by atoms with Gasteiger partial charge in [-0.3, -0.25) is 9.59 Å². The predicted octanol–water partition coefficient (Wildman–Crippen LogP) is 0.802. The van der Waals surface area contributed by atoms with Crippen LogP contribution in [0.2, 0.25) is 0 Å². The van der Waals surface area contributed by atoms with Crippen LogP contribution in [-0.4, -0.2) is 43.4 Å². The highest BCUT2D eigenvalue weighted by Crippen LogP contribution is 2.13. The largest absolute Gasteiger partial charge is 0.460 e. The molecule has 1 fully saturated rings. The lowest BCUT2D eigenvalue weighted by molar-refractivity contribution is -0.155. The van der Waals surface area contributed by atoms with Crippen molar-refractivity contribution in [3.05, 3.63) is 0 Å². The molecule has 1 N–H and O–H groups in total. The highest BCUT2D eigenvalue weighted by molar-refractivity contribution is 7.91. The summed E-state index contributed by atoms with van der Waals surface area (Å²) in [5, 5.41) is 2.67. The molecule has 0 aromatic carbocycles. The first kappa shape index (κ1) is 16.9. The molecule has 1 heterocycles. The molecule has 6 nitrogen and oxygen atoms in total. The molecule has 1 rings (SSSR count). The van der Waals surface area contributed by atoms with Crippen molar-refractivity contribution in [2.24, 2.45) is 0 Å². The van der Waals surface area contributed by atoms with Gasteiger partial charge in [0.2, 0.25) is 5.91 Å². The summed E-state index contributed by atoms with van der Waals surface area (Å²) in [7, 11) is -3.04. The van der Waals surface area contributed by atoms with E-state index in [2.05, 4.69) is 5.32 Å². The third kappa shape index (κ3) is 6.88. The van der Waals surface area contributed by atoms with Gasteiger partial charge in [0.05, 0.1) is 17.9 Å². The van der Waals surface area contributed by atoms with E-state index < -0.39 is 21.4 Å². The smallest absolute Gasteiger partial charge is 0.306 e.